The lowest BCUT2D eigenvalue weighted by Crippen LogP contribution is -2.54. The van der Waals surface area contributed by atoms with Crippen molar-refractivity contribution in [1.29, 1.82) is 5.41 Å². The molecule has 3 aromatic rings. The Morgan fingerprint density at radius 1 is 0.985 bits per heavy atom. The van der Waals surface area contributed by atoms with Gasteiger partial charge >= 0.3 is 0 Å². The monoisotopic (exact) mass is 889 g/mol. The van der Waals surface area contributed by atoms with Gasteiger partial charge in [-0.3, -0.25) is 49.5 Å². The smallest absolute Gasteiger partial charge is 0.266 e. The zero-order valence-corrected chi connectivity index (χ0v) is 36.5. The summed E-state index contributed by atoms with van der Waals surface area (Å²) < 4.78 is 35.2. The number of nitrogens with zero attached hydrogens (tertiary/aromatic N) is 5. The summed E-state index contributed by atoms with van der Waals surface area (Å²) in [7, 11) is 1.56. The highest BCUT2D eigenvalue weighted by Gasteiger charge is 2.46. The first-order chi connectivity index (χ1) is 31.3. The number of fused-ring (bicyclic) bond motifs is 2. The largest absolute Gasteiger partial charge is 0.488 e. The van der Waals surface area contributed by atoms with Gasteiger partial charge in [0.05, 0.1) is 17.7 Å². The van der Waals surface area contributed by atoms with Crippen molar-refractivity contribution in [2.24, 2.45) is 10.7 Å². The Morgan fingerprint density at radius 3 is 2.43 bits per heavy atom. The Morgan fingerprint density at radius 2 is 1.74 bits per heavy atom. The second kappa shape index (κ2) is 19.2. The fourth-order valence-corrected chi connectivity index (χ4v) is 9.47. The molecule has 0 radical (unpaired) electrons. The van der Waals surface area contributed by atoms with Crippen molar-refractivity contribution in [1.82, 2.24) is 25.3 Å². The minimum absolute atomic E-state index is 0.0372. The van der Waals surface area contributed by atoms with E-state index < -0.39 is 36.1 Å². The number of likely N-dealkylation sites (tertiary alicyclic amines) is 1. The number of anilines is 1. The number of aryl methyl sites for hydroxylation is 1. The zero-order valence-electron chi connectivity index (χ0n) is 36.5. The Balaban J connectivity index is 0.892. The van der Waals surface area contributed by atoms with E-state index in [1.54, 1.807) is 30.1 Å². The number of nitrogens with one attached hydrogen (secondary N) is 3. The standard InChI is InChI=1S/C48H53F2N9O6/c1-28(60)57-20-16-38(37(26-57)45(52)58-17-4-5-31-21-35(32(23-51)24-53-2)36(44(49)50)22-40(31)58)54-33-14-18-56(19-15-33)25-29-8-10-30(11-9-29)27-65-41-7-3-6-34-43(41)48(64)59(47(34)63)39-12-13-42(61)55-46(39)62/h3,6-11,21-24,33,39,44,52,54H,4-5,12-20,25-27,51H2,1-2H3,(H,55,61,62). The van der Waals surface area contributed by atoms with Crippen LogP contribution in [0.15, 0.2) is 77.1 Å². The maximum absolute atomic E-state index is 14.6. The summed E-state index contributed by atoms with van der Waals surface area (Å²) >= 11 is 0. The molecular formula is C48H53F2N9O6. The maximum atomic E-state index is 14.6. The van der Waals surface area contributed by atoms with Crippen LogP contribution in [0.4, 0.5) is 14.5 Å². The summed E-state index contributed by atoms with van der Waals surface area (Å²) in [5.41, 5.74) is 11.7. The lowest BCUT2D eigenvalue weighted by molar-refractivity contribution is -0.136. The van der Waals surface area contributed by atoms with E-state index in [-0.39, 0.29) is 66.2 Å². The number of allylic oxidation sites excluding steroid dienone is 1. The van der Waals surface area contributed by atoms with Crippen LogP contribution < -0.4 is 26.0 Å². The molecule has 65 heavy (non-hydrogen) atoms. The van der Waals surface area contributed by atoms with Gasteiger partial charge in [-0.2, -0.15) is 0 Å². The molecule has 340 valence electrons. The number of aliphatic imine (C=N–C) groups is 1. The number of ether oxygens (including phenoxy) is 1. The number of hydrogen-bond donors (Lipinski definition) is 4. The molecule has 0 saturated carbocycles. The highest BCUT2D eigenvalue weighted by atomic mass is 19.3. The molecule has 2 saturated heterocycles. The predicted octanol–water partition coefficient (Wildman–Crippen LogP) is 5.09. The van der Waals surface area contributed by atoms with Gasteiger partial charge in [0.15, 0.2) is 0 Å². The van der Waals surface area contributed by atoms with Crippen molar-refractivity contribution in [2.75, 3.05) is 44.7 Å². The molecule has 0 spiro atoms. The average Bonchev–Trinajstić information content (AvgIpc) is 3.56. The molecule has 0 bridgehead atoms. The van der Waals surface area contributed by atoms with Crippen LogP contribution in [0, 0.1) is 5.41 Å². The van der Waals surface area contributed by atoms with Crippen LogP contribution >= 0.6 is 0 Å². The summed E-state index contributed by atoms with van der Waals surface area (Å²) in [6.07, 6.45) is 3.75. The van der Waals surface area contributed by atoms with Crippen LogP contribution in [0.2, 0.25) is 0 Å². The molecule has 0 aliphatic carbocycles. The first kappa shape index (κ1) is 44.8. The van der Waals surface area contributed by atoms with E-state index in [1.807, 2.05) is 29.2 Å². The lowest BCUT2D eigenvalue weighted by Gasteiger charge is -2.39. The normalized spacial score (nSPS) is 19.9. The van der Waals surface area contributed by atoms with Gasteiger partial charge < -0.3 is 25.6 Å². The van der Waals surface area contributed by atoms with Crippen LogP contribution in [0.5, 0.6) is 5.75 Å². The van der Waals surface area contributed by atoms with E-state index in [9.17, 15) is 38.2 Å². The van der Waals surface area contributed by atoms with E-state index in [0.29, 0.717) is 48.3 Å². The van der Waals surface area contributed by atoms with E-state index in [4.69, 9.17) is 10.5 Å². The van der Waals surface area contributed by atoms with Crippen molar-refractivity contribution >= 4 is 52.8 Å². The third-order valence-electron chi connectivity index (χ3n) is 12.9. The van der Waals surface area contributed by atoms with Crippen LogP contribution in [-0.2, 0) is 34.0 Å². The van der Waals surface area contributed by atoms with Gasteiger partial charge in [0, 0.05) is 106 Å². The number of carbonyl (C=O) groups is 5. The number of amides is 5. The van der Waals surface area contributed by atoms with Gasteiger partial charge in [0.2, 0.25) is 17.7 Å². The van der Waals surface area contributed by atoms with E-state index in [0.717, 1.165) is 66.2 Å². The van der Waals surface area contributed by atoms with Crippen molar-refractivity contribution in [3.05, 3.63) is 111 Å². The second-order valence-electron chi connectivity index (χ2n) is 17.1. The summed E-state index contributed by atoms with van der Waals surface area (Å²) in [6.45, 7) is 5.34. The van der Waals surface area contributed by atoms with Crippen molar-refractivity contribution in [2.45, 2.75) is 83.5 Å². The van der Waals surface area contributed by atoms with E-state index >= 15 is 0 Å². The molecule has 2 fully saturated rings. The molecule has 8 rings (SSSR count). The number of amidine groups is 1. The van der Waals surface area contributed by atoms with Gasteiger partial charge in [-0.25, -0.2) is 8.78 Å². The van der Waals surface area contributed by atoms with Crippen molar-refractivity contribution in [3.63, 3.8) is 0 Å². The number of imide groups is 2. The van der Waals surface area contributed by atoms with Gasteiger partial charge in [-0.15, -0.1) is 0 Å². The Hall–Kier alpha value is -6.75. The number of alkyl halides is 2. The Kier molecular flexibility index (Phi) is 13.2. The Bertz CT molecular complexity index is 2510. The average molecular weight is 890 g/mol. The molecule has 17 heteroatoms. The van der Waals surface area contributed by atoms with Crippen LogP contribution in [0.25, 0.3) is 5.57 Å². The van der Waals surface area contributed by atoms with E-state index in [2.05, 4.69) is 20.5 Å². The van der Waals surface area contributed by atoms with Crippen molar-refractivity contribution < 1.29 is 37.5 Å². The zero-order chi connectivity index (χ0) is 45.9. The fraction of sp³-hybridized carbons (Fsp3) is 0.396. The Labute approximate surface area is 375 Å². The lowest BCUT2D eigenvalue weighted by atomic mass is 9.91. The molecule has 3 aromatic carbocycles. The minimum Gasteiger partial charge on any atom is -0.488 e. The summed E-state index contributed by atoms with van der Waals surface area (Å²) in [5, 5.41) is 15.5. The molecular weight excluding hydrogens is 837 g/mol. The third-order valence-corrected chi connectivity index (χ3v) is 12.9. The third kappa shape index (κ3) is 9.28. The number of rotatable bonds is 12. The number of piperidine rings is 2. The topological polar surface area (TPSA) is 194 Å². The number of carbonyl (C=O) groups excluding carboxylic acids is 5. The van der Waals surface area contributed by atoms with E-state index in [1.165, 1.54) is 31.5 Å². The van der Waals surface area contributed by atoms with Crippen LogP contribution in [0.3, 0.4) is 0 Å². The molecule has 5 heterocycles. The van der Waals surface area contributed by atoms with Gasteiger partial charge in [-0.1, -0.05) is 30.3 Å². The molecule has 1 unspecified atom stereocenters. The minimum atomic E-state index is -2.77. The maximum Gasteiger partial charge on any atom is 0.266 e. The number of nitrogens with two attached hydrogens (primary N) is 1. The molecule has 5 aliphatic rings. The second-order valence-corrected chi connectivity index (χ2v) is 17.1. The quantitative estimate of drug-likeness (QED) is 0.108. The number of halogens is 2. The highest BCUT2D eigenvalue weighted by Crippen LogP contribution is 2.38. The number of benzene rings is 3. The molecule has 5 amide bonds. The SMILES string of the molecule is CN=CC(=CN)c1cc2c(cc1C(F)F)N(C(=N)C1=C(NC3CCN(Cc4ccc(COc5cccc6c5C(=O)N(C5CCC(=O)NC5=O)C6=O)cc4)CC3)CCN(C(C)=O)C1)CCC2. The fourth-order valence-electron chi connectivity index (χ4n) is 9.47. The van der Waals surface area contributed by atoms with Gasteiger partial charge in [-0.05, 0) is 78.6 Å². The number of hydrogen-bond acceptors (Lipinski definition) is 11. The molecule has 5 aliphatic heterocycles. The molecule has 5 N–H and O–H groups in total. The summed E-state index contributed by atoms with van der Waals surface area (Å²) in [4.78, 5) is 74.3. The van der Waals surface area contributed by atoms with Gasteiger partial charge in [0.25, 0.3) is 18.2 Å². The van der Waals surface area contributed by atoms with Crippen LogP contribution in [-0.4, -0.2) is 108 Å². The summed E-state index contributed by atoms with van der Waals surface area (Å²) in [5.74, 6) is -1.95. The van der Waals surface area contributed by atoms with Crippen LogP contribution in [0.1, 0.15) is 100 Å². The molecule has 1 atom stereocenters. The van der Waals surface area contributed by atoms with Crippen molar-refractivity contribution in [3.8, 4) is 5.75 Å². The first-order valence-electron chi connectivity index (χ1n) is 22.0. The highest BCUT2D eigenvalue weighted by molar-refractivity contribution is 6.24. The van der Waals surface area contributed by atoms with Gasteiger partial charge in [0.1, 0.15) is 24.2 Å². The molecule has 0 aromatic heterocycles. The first-order valence-corrected chi connectivity index (χ1v) is 22.0. The summed E-state index contributed by atoms with van der Waals surface area (Å²) in [6, 6.07) is 15.1. The molecule has 15 nitrogen and oxygen atoms in total. The predicted molar refractivity (Wildman–Crippen MR) is 241 cm³/mol.